The molecule has 0 bridgehead atoms. The Morgan fingerprint density at radius 1 is 1.37 bits per heavy atom. The van der Waals surface area contributed by atoms with Gasteiger partial charge in [0.05, 0.1) is 11.0 Å². The van der Waals surface area contributed by atoms with Crippen LogP contribution in [-0.2, 0) is 0 Å². The summed E-state index contributed by atoms with van der Waals surface area (Å²) in [6, 6.07) is 5.14. The van der Waals surface area contributed by atoms with Gasteiger partial charge in [0.25, 0.3) is 11.6 Å². The third kappa shape index (κ3) is 2.68. The van der Waals surface area contributed by atoms with E-state index in [0.29, 0.717) is 6.07 Å². The Morgan fingerprint density at radius 2 is 2.11 bits per heavy atom. The van der Waals surface area contributed by atoms with Gasteiger partial charge in [-0.25, -0.2) is 9.18 Å². The molecule has 0 aliphatic rings. The number of aromatic carboxylic acids is 1. The number of furan rings is 1. The van der Waals surface area contributed by atoms with Gasteiger partial charge in [-0.1, -0.05) is 0 Å². The molecule has 0 aliphatic carbocycles. The van der Waals surface area contributed by atoms with Crippen LogP contribution in [0.25, 0.3) is 0 Å². The number of carboxylic acid groups (broad SMARTS) is 1. The summed E-state index contributed by atoms with van der Waals surface area (Å²) in [6.07, 6.45) is 0. The van der Waals surface area contributed by atoms with Crippen LogP contribution in [0.4, 0.5) is 10.1 Å². The van der Waals surface area contributed by atoms with Crippen molar-refractivity contribution in [2.75, 3.05) is 0 Å². The highest BCUT2D eigenvalue weighted by molar-refractivity contribution is 5.84. The Morgan fingerprint density at radius 3 is 2.63 bits per heavy atom. The molecular weight excluding hydrogens is 261 g/mol. The molecule has 0 amide bonds. The molecule has 2 aromatic rings. The number of halogens is 1. The summed E-state index contributed by atoms with van der Waals surface area (Å²) in [7, 11) is 0. The lowest BCUT2D eigenvalue weighted by Gasteiger charge is -2.02. The van der Waals surface area contributed by atoms with Crippen LogP contribution < -0.4 is 4.74 Å². The maximum atomic E-state index is 13.5. The van der Waals surface area contributed by atoms with Crippen molar-refractivity contribution in [2.45, 2.75) is 0 Å². The van der Waals surface area contributed by atoms with Gasteiger partial charge in [0, 0.05) is 12.1 Å². The van der Waals surface area contributed by atoms with E-state index >= 15 is 0 Å². The highest BCUT2D eigenvalue weighted by Gasteiger charge is 2.15. The number of carbonyl (C=O) groups is 1. The predicted molar refractivity (Wildman–Crippen MR) is 58.8 cm³/mol. The van der Waals surface area contributed by atoms with Crippen LogP contribution in [0.2, 0.25) is 0 Å². The van der Waals surface area contributed by atoms with Gasteiger partial charge in [-0.2, -0.15) is 0 Å². The second-order valence-electron chi connectivity index (χ2n) is 3.40. The lowest BCUT2D eigenvalue weighted by atomic mass is 10.3. The molecule has 0 radical (unpaired) electrons. The molecule has 8 heteroatoms. The number of benzene rings is 1. The number of hydrogen-bond donors (Lipinski definition) is 1. The molecule has 0 saturated heterocycles. The Hall–Kier alpha value is -2.90. The highest BCUT2D eigenvalue weighted by atomic mass is 19.1. The summed E-state index contributed by atoms with van der Waals surface area (Å²) in [5.74, 6) is -3.15. The SMILES string of the molecule is O=C(O)c1ccc(Oc2ccc([N+](=O)[O-])cc2F)o1. The Bertz CT molecular complexity index is 650. The molecular formula is C11H6FNO6. The van der Waals surface area contributed by atoms with Crippen LogP contribution in [-0.4, -0.2) is 16.0 Å². The summed E-state index contributed by atoms with van der Waals surface area (Å²) in [5.41, 5.74) is -0.421. The van der Waals surface area contributed by atoms with Gasteiger partial charge in [0.1, 0.15) is 0 Å². The molecule has 0 fully saturated rings. The number of non-ortho nitro benzene ring substituents is 1. The van der Waals surface area contributed by atoms with Crippen molar-refractivity contribution >= 4 is 11.7 Å². The van der Waals surface area contributed by atoms with Gasteiger partial charge in [0.2, 0.25) is 5.76 Å². The molecule has 19 heavy (non-hydrogen) atoms. The molecule has 2 rings (SSSR count). The van der Waals surface area contributed by atoms with Crippen LogP contribution >= 0.6 is 0 Å². The van der Waals surface area contributed by atoms with E-state index in [1.54, 1.807) is 0 Å². The van der Waals surface area contributed by atoms with Crippen molar-refractivity contribution in [1.29, 1.82) is 0 Å². The highest BCUT2D eigenvalue weighted by Crippen LogP contribution is 2.28. The average molecular weight is 267 g/mol. The van der Waals surface area contributed by atoms with Crippen LogP contribution in [0.1, 0.15) is 10.6 Å². The standard InChI is InChI=1S/C11H6FNO6/c12-7-5-6(13(16)17)1-2-8(7)18-10-4-3-9(19-10)11(14)15/h1-5H,(H,14,15). The molecule has 1 heterocycles. The maximum absolute atomic E-state index is 13.5. The quantitative estimate of drug-likeness (QED) is 0.674. The van der Waals surface area contributed by atoms with Crippen molar-refractivity contribution in [3.8, 4) is 11.7 Å². The van der Waals surface area contributed by atoms with Crippen molar-refractivity contribution < 1.29 is 28.4 Å². The zero-order chi connectivity index (χ0) is 14.0. The molecule has 1 aromatic carbocycles. The molecule has 0 saturated carbocycles. The van der Waals surface area contributed by atoms with Crippen molar-refractivity contribution in [3.05, 3.63) is 52.0 Å². The van der Waals surface area contributed by atoms with E-state index in [0.717, 1.165) is 18.2 Å². The van der Waals surface area contributed by atoms with Gasteiger partial charge < -0.3 is 14.3 Å². The van der Waals surface area contributed by atoms with E-state index in [-0.39, 0.29) is 17.5 Å². The fraction of sp³-hybridized carbons (Fsp3) is 0. The largest absolute Gasteiger partial charge is 0.475 e. The van der Waals surface area contributed by atoms with Crippen LogP contribution in [0.5, 0.6) is 11.7 Å². The monoisotopic (exact) mass is 267 g/mol. The first-order chi connectivity index (χ1) is 8.97. The summed E-state index contributed by atoms with van der Waals surface area (Å²) < 4.78 is 23.2. The van der Waals surface area contributed by atoms with Gasteiger partial charge in [-0.05, 0) is 12.1 Å². The molecule has 7 nitrogen and oxygen atoms in total. The van der Waals surface area contributed by atoms with Crippen LogP contribution in [0, 0.1) is 15.9 Å². The average Bonchev–Trinajstić information content (AvgIpc) is 2.80. The fourth-order valence-electron chi connectivity index (χ4n) is 1.28. The minimum Gasteiger partial charge on any atom is -0.475 e. The van der Waals surface area contributed by atoms with E-state index in [1.807, 2.05) is 0 Å². The first kappa shape index (κ1) is 12.6. The molecule has 0 spiro atoms. The summed E-state index contributed by atoms with van der Waals surface area (Å²) in [5, 5.41) is 19.0. The van der Waals surface area contributed by atoms with Gasteiger partial charge in [0.15, 0.2) is 11.6 Å². The number of carboxylic acids is 1. The lowest BCUT2D eigenvalue weighted by Crippen LogP contribution is -1.93. The van der Waals surface area contributed by atoms with E-state index in [1.165, 1.54) is 6.07 Å². The van der Waals surface area contributed by atoms with Gasteiger partial charge >= 0.3 is 5.97 Å². The molecule has 1 N–H and O–H groups in total. The zero-order valence-electron chi connectivity index (χ0n) is 9.20. The smallest absolute Gasteiger partial charge is 0.371 e. The molecule has 98 valence electrons. The number of nitro groups is 1. The number of ether oxygens (including phenoxy) is 1. The zero-order valence-corrected chi connectivity index (χ0v) is 9.20. The molecule has 0 unspecified atom stereocenters. The Balaban J connectivity index is 2.23. The van der Waals surface area contributed by atoms with Crippen molar-refractivity contribution in [2.24, 2.45) is 0 Å². The predicted octanol–water partition coefficient (Wildman–Crippen LogP) is 2.82. The lowest BCUT2D eigenvalue weighted by molar-refractivity contribution is -0.385. The van der Waals surface area contributed by atoms with E-state index in [9.17, 15) is 19.3 Å². The summed E-state index contributed by atoms with van der Waals surface area (Å²) in [6.45, 7) is 0. The second-order valence-corrected chi connectivity index (χ2v) is 3.40. The molecule has 0 atom stereocenters. The van der Waals surface area contributed by atoms with Crippen molar-refractivity contribution in [3.63, 3.8) is 0 Å². The Labute approximate surface area is 105 Å². The number of hydrogen-bond acceptors (Lipinski definition) is 5. The first-order valence-corrected chi connectivity index (χ1v) is 4.92. The first-order valence-electron chi connectivity index (χ1n) is 4.92. The second kappa shape index (κ2) is 4.77. The van der Waals surface area contributed by atoms with Gasteiger partial charge in [-0.15, -0.1) is 0 Å². The number of nitrogens with zero attached hydrogens (tertiary/aromatic N) is 1. The third-order valence-corrected chi connectivity index (χ3v) is 2.13. The summed E-state index contributed by atoms with van der Waals surface area (Å²) >= 11 is 0. The summed E-state index contributed by atoms with van der Waals surface area (Å²) in [4.78, 5) is 20.2. The minimum atomic E-state index is -1.29. The maximum Gasteiger partial charge on any atom is 0.371 e. The van der Waals surface area contributed by atoms with E-state index < -0.39 is 22.4 Å². The van der Waals surface area contributed by atoms with Gasteiger partial charge in [-0.3, -0.25) is 10.1 Å². The number of nitro benzene ring substituents is 1. The third-order valence-electron chi connectivity index (χ3n) is 2.13. The molecule has 1 aromatic heterocycles. The van der Waals surface area contributed by atoms with E-state index in [4.69, 9.17) is 14.3 Å². The van der Waals surface area contributed by atoms with E-state index in [2.05, 4.69) is 0 Å². The Kier molecular flexibility index (Phi) is 3.15. The normalized spacial score (nSPS) is 10.2. The minimum absolute atomic E-state index is 0.231. The van der Waals surface area contributed by atoms with Crippen LogP contribution in [0.15, 0.2) is 34.7 Å². The number of rotatable bonds is 4. The van der Waals surface area contributed by atoms with Crippen molar-refractivity contribution in [1.82, 2.24) is 0 Å². The van der Waals surface area contributed by atoms with Crippen LogP contribution in [0.3, 0.4) is 0 Å². The fourth-order valence-corrected chi connectivity index (χ4v) is 1.28. The topological polar surface area (TPSA) is 103 Å². The molecule has 0 aliphatic heterocycles.